The van der Waals surface area contributed by atoms with Crippen LogP contribution in [-0.2, 0) is 16.0 Å². The Labute approximate surface area is 150 Å². The van der Waals surface area contributed by atoms with E-state index in [1.54, 1.807) is 19.1 Å². The van der Waals surface area contributed by atoms with Gasteiger partial charge in [-0.3, -0.25) is 9.59 Å². The van der Waals surface area contributed by atoms with Gasteiger partial charge in [-0.25, -0.2) is 0 Å². The van der Waals surface area contributed by atoms with Gasteiger partial charge in [0.2, 0.25) is 11.8 Å². The van der Waals surface area contributed by atoms with Crippen LogP contribution in [0.15, 0.2) is 18.2 Å². The second-order valence-electron chi connectivity index (χ2n) is 6.99. The molecule has 25 heavy (non-hydrogen) atoms. The van der Waals surface area contributed by atoms with Gasteiger partial charge in [0.05, 0.1) is 14.2 Å². The zero-order valence-electron chi connectivity index (χ0n) is 16.1. The molecule has 6 nitrogen and oxygen atoms in total. The number of hydrogen-bond acceptors (Lipinski definition) is 4. The summed E-state index contributed by atoms with van der Waals surface area (Å²) in [5, 5.41) is 2.91. The quantitative estimate of drug-likeness (QED) is 0.782. The van der Waals surface area contributed by atoms with Crippen LogP contribution in [0.5, 0.6) is 11.5 Å². The third-order valence-corrected chi connectivity index (χ3v) is 3.69. The highest BCUT2D eigenvalue weighted by Crippen LogP contribution is 2.27. The zero-order chi connectivity index (χ0) is 19.0. The molecule has 0 aliphatic heterocycles. The maximum Gasteiger partial charge on any atom is 0.222 e. The number of rotatable bonds is 8. The van der Waals surface area contributed by atoms with E-state index in [1.807, 2.05) is 39.0 Å². The highest BCUT2D eigenvalue weighted by atomic mass is 16.5. The van der Waals surface area contributed by atoms with E-state index < -0.39 is 0 Å². The van der Waals surface area contributed by atoms with Gasteiger partial charge in [-0.2, -0.15) is 0 Å². The summed E-state index contributed by atoms with van der Waals surface area (Å²) < 4.78 is 10.5. The molecule has 0 aromatic heterocycles. The van der Waals surface area contributed by atoms with E-state index in [0.29, 0.717) is 37.4 Å². The fraction of sp³-hybridized carbons (Fsp3) is 0.579. The number of amides is 2. The number of ether oxygens (including phenoxy) is 2. The van der Waals surface area contributed by atoms with Crippen LogP contribution in [0.25, 0.3) is 0 Å². The number of nitrogens with zero attached hydrogens (tertiary/aromatic N) is 1. The van der Waals surface area contributed by atoms with Crippen molar-refractivity contribution in [2.75, 3.05) is 27.3 Å². The smallest absolute Gasteiger partial charge is 0.222 e. The first-order chi connectivity index (χ1) is 11.7. The van der Waals surface area contributed by atoms with Crippen molar-refractivity contribution in [2.24, 2.45) is 0 Å². The average Bonchev–Trinajstić information content (AvgIpc) is 2.52. The summed E-state index contributed by atoms with van der Waals surface area (Å²) in [6.07, 6.45) is 0.976. The van der Waals surface area contributed by atoms with Crippen LogP contribution in [0.2, 0.25) is 0 Å². The Morgan fingerprint density at radius 3 is 2.24 bits per heavy atom. The van der Waals surface area contributed by atoms with Crippen LogP contribution in [0, 0.1) is 0 Å². The van der Waals surface area contributed by atoms with Crippen LogP contribution < -0.4 is 14.8 Å². The maximum absolute atomic E-state index is 11.9. The maximum atomic E-state index is 11.9. The van der Waals surface area contributed by atoms with Gasteiger partial charge < -0.3 is 19.7 Å². The van der Waals surface area contributed by atoms with Gasteiger partial charge in [-0.15, -0.1) is 0 Å². The molecule has 0 atom stereocenters. The fourth-order valence-corrected chi connectivity index (χ4v) is 2.44. The molecule has 1 aromatic rings. The van der Waals surface area contributed by atoms with E-state index in [4.69, 9.17) is 9.47 Å². The van der Waals surface area contributed by atoms with E-state index in [2.05, 4.69) is 5.32 Å². The molecule has 2 amide bonds. The summed E-state index contributed by atoms with van der Waals surface area (Å²) in [6.45, 7) is 8.29. The van der Waals surface area contributed by atoms with Crippen molar-refractivity contribution >= 4 is 11.8 Å². The molecular formula is C19H30N2O4. The predicted octanol–water partition coefficient (Wildman–Crippen LogP) is 2.40. The molecule has 140 valence electrons. The molecule has 1 aromatic carbocycles. The van der Waals surface area contributed by atoms with E-state index in [-0.39, 0.29) is 17.4 Å². The molecule has 0 bridgehead atoms. The number of carbonyl (C=O) groups is 2. The van der Waals surface area contributed by atoms with Crippen molar-refractivity contribution in [3.8, 4) is 11.5 Å². The lowest BCUT2D eigenvalue weighted by molar-refractivity contribution is -0.129. The number of nitrogens with one attached hydrogen (secondary N) is 1. The fourth-order valence-electron chi connectivity index (χ4n) is 2.44. The van der Waals surface area contributed by atoms with Crippen LogP contribution in [-0.4, -0.2) is 49.6 Å². The van der Waals surface area contributed by atoms with Gasteiger partial charge in [0.25, 0.3) is 0 Å². The SMILES string of the molecule is COc1ccc(CCN(CCC(=O)NC(C)(C)C)C(C)=O)cc1OC. The van der Waals surface area contributed by atoms with E-state index in [1.165, 1.54) is 6.92 Å². The lowest BCUT2D eigenvalue weighted by Crippen LogP contribution is -2.42. The molecule has 0 fully saturated rings. The second kappa shape index (κ2) is 9.30. The molecule has 0 saturated heterocycles. The Hall–Kier alpha value is -2.24. The van der Waals surface area contributed by atoms with Gasteiger partial charge in [0.1, 0.15) is 0 Å². The molecule has 0 unspecified atom stereocenters. The Balaban J connectivity index is 2.61. The normalized spacial score (nSPS) is 11.0. The van der Waals surface area contributed by atoms with Crippen LogP contribution >= 0.6 is 0 Å². The zero-order valence-corrected chi connectivity index (χ0v) is 16.1. The topological polar surface area (TPSA) is 67.9 Å². The van der Waals surface area contributed by atoms with Gasteiger partial charge in [-0.1, -0.05) is 6.07 Å². The van der Waals surface area contributed by atoms with E-state index in [9.17, 15) is 9.59 Å². The average molecular weight is 350 g/mol. The van der Waals surface area contributed by atoms with Crippen LogP contribution in [0.1, 0.15) is 39.7 Å². The summed E-state index contributed by atoms with van der Waals surface area (Å²) in [5.41, 5.74) is 0.778. The van der Waals surface area contributed by atoms with Gasteiger partial charge in [-0.05, 0) is 44.9 Å². The molecule has 0 saturated carbocycles. The van der Waals surface area contributed by atoms with Crippen LogP contribution in [0.4, 0.5) is 0 Å². The minimum Gasteiger partial charge on any atom is -0.493 e. The Morgan fingerprint density at radius 1 is 1.08 bits per heavy atom. The highest BCUT2D eigenvalue weighted by Gasteiger charge is 2.16. The van der Waals surface area contributed by atoms with Crippen molar-refractivity contribution in [1.82, 2.24) is 10.2 Å². The summed E-state index contributed by atoms with van der Waals surface area (Å²) in [4.78, 5) is 25.5. The summed E-state index contributed by atoms with van der Waals surface area (Å²) in [7, 11) is 3.19. The summed E-state index contributed by atoms with van der Waals surface area (Å²) >= 11 is 0. The molecule has 6 heteroatoms. The number of carbonyl (C=O) groups excluding carboxylic acids is 2. The standard InChI is InChI=1S/C19H30N2O4/c1-14(22)21(12-10-18(23)20-19(2,3)4)11-9-15-7-8-16(24-5)17(13-15)25-6/h7-8,13H,9-12H2,1-6H3,(H,20,23). The van der Waals surface area contributed by atoms with Crippen molar-refractivity contribution in [3.05, 3.63) is 23.8 Å². The predicted molar refractivity (Wildman–Crippen MR) is 98.0 cm³/mol. The largest absolute Gasteiger partial charge is 0.493 e. The molecule has 0 aliphatic rings. The molecule has 0 aliphatic carbocycles. The van der Waals surface area contributed by atoms with E-state index >= 15 is 0 Å². The lowest BCUT2D eigenvalue weighted by Gasteiger charge is -2.24. The monoisotopic (exact) mass is 350 g/mol. The van der Waals surface area contributed by atoms with Gasteiger partial charge >= 0.3 is 0 Å². The highest BCUT2D eigenvalue weighted by molar-refractivity contribution is 5.78. The Kier molecular flexibility index (Phi) is 7.74. The van der Waals surface area contributed by atoms with E-state index in [0.717, 1.165) is 5.56 Å². The minimum absolute atomic E-state index is 0.0379. The summed E-state index contributed by atoms with van der Waals surface area (Å²) in [6, 6.07) is 5.71. The number of hydrogen-bond donors (Lipinski definition) is 1. The second-order valence-corrected chi connectivity index (χ2v) is 6.99. The molecule has 0 heterocycles. The first-order valence-corrected chi connectivity index (χ1v) is 8.43. The molecule has 1 rings (SSSR count). The Morgan fingerprint density at radius 2 is 1.72 bits per heavy atom. The minimum atomic E-state index is -0.266. The molecule has 0 radical (unpaired) electrons. The lowest BCUT2D eigenvalue weighted by atomic mass is 10.1. The molecular weight excluding hydrogens is 320 g/mol. The summed E-state index contributed by atoms with van der Waals surface area (Å²) in [5.74, 6) is 1.25. The first-order valence-electron chi connectivity index (χ1n) is 8.43. The van der Waals surface area contributed by atoms with Gasteiger partial charge in [0.15, 0.2) is 11.5 Å². The first kappa shape index (κ1) is 20.8. The number of benzene rings is 1. The number of methoxy groups -OCH3 is 2. The van der Waals surface area contributed by atoms with Crippen molar-refractivity contribution in [2.45, 2.75) is 46.1 Å². The van der Waals surface area contributed by atoms with Crippen LogP contribution in [0.3, 0.4) is 0 Å². The third-order valence-electron chi connectivity index (χ3n) is 3.69. The van der Waals surface area contributed by atoms with Crippen molar-refractivity contribution in [3.63, 3.8) is 0 Å². The molecule has 1 N–H and O–H groups in total. The van der Waals surface area contributed by atoms with Crippen molar-refractivity contribution < 1.29 is 19.1 Å². The molecule has 0 spiro atoms. The third kappa shape index (κ3) is 7.45. The Bertz CT molecular complexity index is 594. The van der Waals surface area contributed by atoms with Crippen molar-refractivity contribution in [1.29, 1.82) is 0 Å². The van der Waals surface area contributed by atoms with Gasteiger partial charge in [0, 0.05) is 32.0 Å².